The number of alkyl halides is 3. The van der Waals surface area contributed by atoms with Crippen molar-refractivity contribution in [2.45, 2.75) is 77.2 Å². The highest BCUT2D eigenvalue weighted by Gasteiger charge is 2.49. The van der Waals surface area contributed by atoms with Crippen molar-refractivity contribution in [3.05, 3.63) is 64.7 Å². The second-order valence-corrected chi connectivity index (χ2v) is 11.9. The van der Waals surface area contributed by atoms with Gasteiger partial charge in [-0.1, -0.05) is 60.9 Å². The van der Waals surface area contributed by atoms with E-state index in [0.717, 1.165) is 68.4 Å². The Balaban J connectivity index is 0.000000616. The summed E-state index contributed by atoms with van der Waals surface area (Å²) in [6.07, 6.45) is 0.239. The Morgan fingerprint density at radius 3 is 2.14 bits per heavy atom. The van der Waals surface area contributed by atoms with E-state index in [0.29, 0.717) is 12.2 Å². The zero-order valence-corrected chi connectivity index (χ0v) is 24.8. The number of aliphatic carboxylic acids is 1. The van der Waals surface area contributed by atoms with Crippen molar-refractivity contribution < 1.29 is 46.9 Å². The first-order valence-corrected chi connectivity index (χ1v) is 14.5. The van der Waals surface area contributed by atoms with Gasteiger partial charge in [0, 0.05) is 18.8 Å². The van der Waals surface area contributed by atoms with Gasteiger partial charge in [0.15, 0.2) is 11.7 Å². The number of hydrogen-bond acceptors (Lipinski definition) is 6. The molecule has 3 atom stereocenters. The molecule has 1 N–H and O–H groups in total. The quantitative estimate of drug-likeness (QED) is 0.261. The molecule has 42 heavy (non-hydrogen) atoms. The summed E-state index contributed by atoms with van der Waals surface area (Å²) in [5.74, 6) is -2.56. The van der Waals surface area contributed by atoms with Crippen molar-refractivity contribution in [2.75, 3.05) is 33.3 Å². The van der Waals surface area contributed by atoms with Crippen molar-refractivity contribution in [2.24, 2.45) is 5.92 Å². The number of quaternary nitrogens is 1. The number of rotatable bonds is 9. The van der Waals surface area contributed by atoms with E-state index >= 15 is 0 Å². The predicted octanol–water partition coefficient (Wildman–Crippen LogP) is 4.52. The van der Waals surface area contributed by atoms with Gasteiger partial charge in [-0.3, -0.25) is 0 Å². The van der Waals surface area contributed by atoms with E-state index in [1.54, 1.807) is 0 Å². The monoisotopic (exact) mass is 593 g/mol. The van der Waals surface area contributed by atoms with Crippen molar-refractivity contribution >= 4 is 11.9 Å². The predicted molar refractivity (Wildman–Crippen MR) is 149 cm³/mol. The molecule has 1 heterocycles. The number of halogens is 3. The fourth-order valence-electron chi connectivity index (χ4n) is 6.24. The number of ether oxygens (including phenoxy) is 2. The molecule has 3 unspecified atom stereocenters. The van der Waals surface area contributed by atoms with E-state index < -0.39 is 23.7 Å². The summed E-state index contributed by atoms with van der Waals surface area (Å²) in [5, 5.41) is 20.5. The number of carbonyl (C=O) groups excluding carboxylic acids is 2. The van der Waals surface area contributed by atoms with E-state index in [1.165, 1.54) is 16.7 Å². The van der Waals surface area contributed by atoms with E-state index in [2.05, 4.69) is 40.0 Å². The van der Waals surface area contributed by atoms with Gasteiger partial charge in [-0.05, 0) is 50.3 Å². The molecule has 0 aromatic heterocycles. The summed E-state index contributed by atoms with van der Waals surface area (Å²) >= 11 is 0. The van der Waals surface area contributed by atoms with Crippen LogP contribution in [0.3, 0.4) is 0 Å². The standard InChI is InChI=1S/C30H42NO4.C2HF3O2/c1-22-19-23(2)28(24(3)20-22)34-18-10-16-31(4)17-15-27(21-31)35-29(32)30(33,26-13-8-9-14-26)25-11-6-5-7-12-25;3-2(4,5)1(6)7/h5-7,11-12,19-20,26-27,33H,8-10,13-18,21H2,1-4H3;(H,6,7)/q+1;/p-1. The van der Waals surface area contributed by atoms with Gasteiger partial charge in [0.05, 0.1) is 26.7 Å². The zero-order chi connectivity index (χ0) is 31.1. The molecular weight excluding hydrogens is 551 g/mol. The molecule has 0 bridgehead atoms. The van der Waals surface area contributed by atoms with Crippen LogP contribution in [0.1, 0.15) is 60.8 Å². The van der Waals surface area contributed by atoms with E-state index in [9.17, 15) is 23.1 Å². The molecule has 4 rings (SSSR count). The second-order valence-electron chi connectivity index (χ2n) is 11.9. The molecule has 2 aliphatic rings. The number of carbonyl (C=O) groups is 2. The van der Waals surface area contributed by atoms with Crippen molar-refractivity contribution in [3.8, 4) is 5.75 Å². The number of carboxylic acids is 1. The molecule has 232 valence electrons. The van der Waals surface area contributed by atoms with Crippen LogP contribution >= 0.6 is 0 Å². The minimum atomic E-state index is -5.19. The number of hydrogen-bond donors (Lipinski definition) is 1. The van der Waals surface area contributed by atoms with Crippen molar-refractivity contribution in [1.29, 1.82) is 0 Å². The van der Waals surface area contributed by atoms with Gasteiger partial charge in [0.2, 0.25) is 0 Å². The Bertz CT molecular complexity index is 1190. The first-order chi connectivity index (χ1) is 19.7. The van der Waals surface area contributed by atoms with Crippen LogP contribution < -0.4 is 9.84 Å². The van der Waals surface area contributed by atoms with Gasteiger partial charge >= 0.3 is 12.1 Å². The summed E-state index contributed by atoms with van der Waals surface area (Å²) in [4.78, 5) is 22.2. The van der Waals surface area contributed by atoms with Crippen LogP contribution in [0.2, 0.25) is 0 Å². The Labute approximate surface area is 245 Å². The third-order valence-electron chi connectivity index (χ3n) is 8.30. The molecule has 10 heteroatoms. The van der Waals surface area contributed by atoms with Gasteiger partial charge in [-0.25, -0.2) is 4.79 Å². The molecule has 1 saturated heterocycles. The minimum absolute atomic E-state index is 0.0782. The fraction of sp³-hybridized carbons (Fsp3) is 0.562. The number of likely N-dealkylation sites (tertiary alicyclic amines) is 1. The summed E-state index contributed by atoms with van der Waals surface area (Å²) in [6.45, 7) is 9.72. The van der Waals surface area contributed by atoms with Crippen LogP contribution in [0.25, 0.3) is 0 Å². The van der Waals surface area contributed by atoms with E-state index in [4.69, 9.17) is 19.4 Å². The van der Waals surface area contributed by atoms with Gasteiger partial charge < -0.3 is 29.0 Å². The maximum absolute atomic E-state index is 13.4. The average Bonchev–Trinajstić information content (AvgIpc) is 3.58. The molecule has 0 spiro atoms. The lowest BCUT2D eigenvalue weighted by atomic mass is 9.80. The van der Waals surface area contributed by atoms with E-state index in [-0.39, 0.29) is 12.0 Å². The van der Waals surface area contributed by atoms with Crippen molar-refractivity contribution in [1.82, 2.24) is 0 Å². The third-order valence-corrected chi connectivity index (χ3v) is 8.30. The molecule has 1 aliphatic carbocycles. The average molecular weight is 594 g/mol. The lowest BCUT2D eigenvalue weighted by Gasteiger charge is -2.33. The lowest BCUT2D eigenvalue weighted by Crippen LogP contribution is -2.47. The number of aliphatic hydroxyl groups is 1. The van der Waals surface area contributed by atoms with Crippen LogP contribution in [0.4, 0.5) is 13.2 Å². The Morgan fingerprint density at radius 1 is 1.02 bits per heavy atom. The normalized spacial score (nSPS) is 22.1. The van der Waals surface area contributed by atoms with Crippen LogP contribution in [0.15, 0.2) is 42.5 Å². The number of carboxylic acid groups (broad SMARTS) is 1. The number of esters is 1. The molecule has 2 aromatic carbocycles. The largest absolute Gasteiger partial charge is 0.542 e. The third kappa shape index (κ3) is 8.47. The highest BCUT2D eigenvalue weighted by Crippen LogP contribution is 2.42. The molecular formula is C32H42F3NO6. The minimum Gasteiger partial charge on any atom is -0.542 e. The summed E-state index contributed by atoms with van der Waals surface area (Å²) in [5.41, 5.74) is 2.73. The van der Waals surface area contributed by atoms with Gasteiger partial charge in [0.25, 0.3) is 0 Å². The van der Waals surface area contributed by atoms with Crippen LogP contribution in [0.5, 0.6) is 5.75 Å². The topological polar surface area (TPSA) is 95.9 Å². The van der Waals surface area contributed by atoms with Crippen LogP contribution in [0, 0.1) is 26.7 Å². The van der Waals surface area contributed by atoms with Crippen LogP contribution in [-0.2, 0) is 19.9 Å². The number of benzene rings is 2. The molecule has 1 aliphatic heterocycles. The number of nitrogens with zero attached hydrogens (tertiary/aromatic N) is 1. The molecule has 2 fully saturated rings. The first kappa shape index (κ1) is 33.4. The Kier molecular flexibility index (Phi) is 11.1. The SMILES string of the molecule is Cc1cc(C)c(OCCC[N+]2(C)CCC(OC(=O)C(O)(c3ccccc3)C3CCCC3)C2)c(C)c1.O=C([O-])C(F)(F)F. The lowest BCUT2D eigenvalue weighted by molar-refractivity contribution is -0.899. The highest BCUT2D eigenvalue weighted by molar-refractivity contribution is 5.81. The summed E-state index contributed by atoms with van der Waals surface area (Å²) in [6, 6.07) is 13.7. The second kappa shape index (κ2) is 13.9. The Hall–Kier alpha value is -3.11. The molecule has 0 radical (unpaired) electrons. The smallest absolute Gasteiger partial charge is 0.430 e. The van der Waals surface area contributed by atoms with Crippen molar-refractivity contribution in [3.63, 3.8) is 0 Å². The summed E-state index contributed by atoms with van der Waals surface area (Å²) < 4.78 is 44.6. The molecule has 7 nitrogen and oxygen atoms in total. The summed E-state index contributed by atoms with van der Waals surface area (Å²) in [7, 11) is 2.23. The highest BCUT2D eigenvalue weighted by atomic mass is 19.4. The van der Waals surface area contributed by atoms with Gasteiger partial charge in [-0.2, -0.15) is 13.2 Å². The fourth-order valence-corrected chi connectivity index (χ4v) is 6.24. The van der Waals surface area contributed by atoms with E-state index in [1.807, 2.05) is 30.3 Å². The first-order valence-electron chi connectivity index (χ1n) is 14.5. The van der Waals surface area contributed by atoms with Crippen LogP contribution in [-0.4, -0.2) is 67.1 Å². The maximum Gasteiger partial charge on any atom is 0.430 e. The Morgan fingerprint density at radius 2 is 1.60 bits per heavy atom. The maximum atomic E-state index is 13.4. The molecule has 0 amide bonds. The molecule has 2 aromatic rings. The number of aryl methyl sites for hydroxylation is 3. The zero-order valence-electron chi connectivity index (χ0n) is 24.8. The number of likely N-dealkylation sites (N-methyl/N-ethyl adjacent to an activating group) is 1. The van der Waals surface area contributed by atoms with Gasteiger partial charge in [0.1, 0.15) is 18.3 Å². The van der Waals surface area contributed by atoms with Gasteiger partial charge in [-0.15, -0.1) is 0 Å². The molecule has 1 saturated carbocycles.